The van der Waals surface area contributed by atoms with Crippen LogP contribution < -0.4 is 10.2 Å². The van der Waals surface area contributed by atoms with E-state index < -0.39 is 0 Å². The lowest BCUT2D eigenvalue weighted by atomic mass is 9.97. The molecular weight excluding hydrogens is 342 g/mol. The molecule has 0 N–H and O–H groups in total. The van der Waals surface area contributed by atoms with Crippen molar-refractivity contribution in [1.82, 2.24) is 4.90 Å². The van der Waals surface area contributed by atoms with E-state index >= 15 is 0 Å². The fourth-order valence-corrected chi connectivity index (χ4v) is 3.40. The standard InChI is InChI=1S/C22H21NO4/c24-19-14-21(27-20-9-5-4-8-18(19)20)22(25)23-12-10-16(11-13-23)15-26-17-6-2-1-3-7-17/h1-9,14,16H,10-13,15H2. The van der Waals surface area contributed by atoms with Crippen LogP contribution in [0.15, 0.2) is 69.9 Å². The van der Waals surface area contributed by atoms with E-state index in [-0.39, 0.29) is 17.1 Å². The first kappa shape index (κ1) is 17.3. The third-order valence-corrected chi connectivity index (χ3v) is 4.98. The lowest BCUT2D eigenvalue weighted by Gasteiger charge is -2.31. The van der Waals surface area contributed by atoms with E-state index in [9.17, 15) is 9.59 Å². The Morgan fingerprint density at radius 2 is 1.74 bits per heavy atom. The van der Waals surface area contributed by atoms with Gasteiger partial charge in [-0.3, -0.25) is 9.59 Å². The van der Waals surface area contributed by atoms with Crippen molar-refractivity contribution in [1.29, 1.82) is 0 Å². The molecule has 4 rings (SSSR count). The highest BCUT2D eigenvalue weighted by molar-refractivity contribution is 5.93. The summed E-state index contributed by atoms with van der Waals surface area (Å²) in [5.41, 5.74) is 0.255. The van der Waals surface area contributed by atoms with Gasteiger partial charge in [0.15, 0.2) is 11.2 Å². The van der Waals surface area contributed by atoms with E-state index in [2.05, 4.69) is 0 Å². The van der Waals surface area contributed by atoms with Crippen molar-refractivity contribution in [2.45, 2.75) is 12.8 Å². The maximum absolute atomic E-state index is 12.7. The van der Waals surface area contributed by atoms with Gasteiger partial charge in [0.05, 0.1) is 12.0 Å². The Labute approximate surface area is 157 Å². The molecule has 1 aliphatic rings. The van der Waals surface area contributed by atoms with Crippen LogP contribution in [0.2, 0.25) is 0 Å². The molecule has 138 valence electrons. The van der Waals surface area contributed by atoms with Gasteiger partial charge >= 0.3 is 0 Å². The number of ether oxygens (including phenoxy) is 1. The van der Waals surface area contributed by atoms with Gasteiger partial charge in [0.2, 0.25) is 0 Å². The molecule has 5 heteroatoms. The molecule has 0 atom stereocenters. The number of nitrogens with zero attached hydrogens (tertiary/aromatic N) is 1. The zero-order chi connectivity index (χ0) is 18.6. The van der Waals surface area contributed by atoms with Crippen molar-refractivity contribution in [3.05, 3.63) is 76.6 Å². The van der Waals surface area contributed by atoms with Gasteiger partial charge in [-0.15, -0.1) is 0 Å². The minimum atomic E-state index is -0.222. The Kier molecular flexibility index (Phi) is 4.92. The van der Waals surface area contributed by atoms with Crippen LogP contribution >= 0.6 is 0 Å². The second-order valence-electron chi connectivity index (χ2n) is 6.83. The molecule has 1 fully saturated rings. The summed E-state index contributed by atoms with van der Waals surface area (Å²) in [7, 11) is 0. The Morgan fingerprint density at radius 1 is 1.04 bits per heavy atom. The molecule has 0 spiro atoms. The summed E-state index contributed by atoms with van der Waals surface area (Å²) >= 11 is 0. The summed E-state index contributed by atoms with van der Waals surface area (Å²) in [5, 5.41) is 0.491. The largest absolute Gasteiger partial charge is 0.493 e. The minimum absolute atomic E-state index is 0.109. The van der Waals surface area contributed by atoms with E-state index in [1.165, 1.54) is 6.07 Å². The molecule has 1 aromatic heterocycles. The van der Waals surface area contributed by atoms with E-state index in [1.807, 2.05) is 30.3 Å². The van der Waals surface area contributed by atoms with Crippen molar-refractivity contribution in [3.63, 3.8) is 0 Å². The molecule has 0 aliphatic carbocycles. The highest BCUT2D eigenvalue weighted by Crippen LogP contribution is 2.21. The fraction of sp³-hybridized carbons (Fsp3) is 0.273. The molecule has 1 amide bonds. The maximum atomic E-state index is 12.7. The number of carbonyl (C=O) groups is 1. The zero-order valence-electron chi connectivity index (χ0n) is 15.0. The molecule has 1 aliphatic heterocycles. The highest BCUT2D eigenvalue weighted by atomic mass is 16.5. The number of fused-ring (bicyclic) bond motifs is 1. The Balaban J connectivity index is 1.38. The number of hydrogen-bond acceptors (Lipinski definition) is 4. The first-order valence-electron chi connectivity index (χ1n) is 9.21. The van der Waals surface area contributed by atoms with Gasteiger partial charge in [0.1, 0.15) is 11.3 Å². The second kappa shape index (κ2) is 7.66. The van der Waals surface area contributed by atoms with E-state index in [4.69, 9.17) is 9.15 Å². The van der Waals surface area contributed by atoms with Gasteiger partial charge in [0, 0.05) is 19.2 Å². The van der Waals surface area contributed by atoms with Crippen molar-refractivity contribution in [2.24, 2.45) is 5.92 Å². The first-order valence-corrected chi connectivity index (χ1v) is 9.21. The van der Waals surface area contributed by atoms with Gasteiger partial charge < -0.3 is 14.1 Å². The van der Waals surface area contributed by atoms with Gasteiger partial charge in [-0.2, -0.15) is 0 Å². The zero-order valence-corrected chi connectivity index (χ0v) is 15.0. The predicted molar refractivity (Wildman–Crippen MR) is 103 cm³/mol. The molecule has 2 heterocycles. The van der Waals surface area contributed by atoms with Crippen LogP contribution in [0.4, 0.5) is 0 Å². The normalized spacial score (nSPS) is 15.0. The lowest BCUT2D eigenvalue weighted by molar-refractivity contribution is 0.0630. The summed E-state index contributed by atoms with van der Waals surface area (Å²) in [6, 6.07) is 18.0. The van der Waals surface area contributed by atoms with Crippen molar-refractivity contribution >= 4 is 16.9 Å². The molecule has 1 saturated heterocycles. The highest BCUT2D eigenvalue weighted by Gasteiger charge is 2.26. The van der Waals surface area contributed by atoms with Crippen LogP contribution in [0.25, 0.3) is 11.0 Å². The molecule has 2 aromatic carbocycles. The summed E-state index contributed by atoms with van der Waals surface area (Å²) in [5.74, 6) is 1.17. The SMILES string of the molecule is O=C(c1cc(=O)c2ccccc2o1)N1CCC(COc2ccccc2)CC1. The van der Waals surface area contributed by atoms with Gasteiger partial charge in [-0.25, -0.2) is 0 Å². The smallest absolute Gasteiger partial charge is 0.289 e. The van der Waals surface area contributed by atoms with Gasteiger partial charge in [0.25, 0.3) is 5.91 Å². The summed E-state index contributed by atoms with van der Waals surface area (Å²) in [6.07, 6.45) is 1.74. The third-order valence-electron chi connectivity index (χ3n) is 4.98. The Morgan fingerprint density at radius 3 is 2.52 bits per heavy atom. The molecule has 0 saturated carbocycles. The summed E-state index contributed by atoms with van der Waals surface area (Å²) < 4.78 is 11.5. The van der Waals surface area contributed by atoms with Crippen LogP contribution in [0.1, 0.15) is 23.4 Å². The Hall–Kier alpha value is -3.08. The number of likely N-dealkylation sites (tertiary alicyclic amines) is 1. The molecule has 5 nitrogen and oxygen atoms in total. The molecule has 0 unspecified atom stereocenters. The first-order chi connectivity index (χ1) is 13.2. The fourth-order valence-electron chi connectivity index (χ4n) is 3.40. The number of hydrogen-bond donors (Lipinski definition) is 0. The number of benzene rings is 2. The number of carbonyl (C=O) groups excluding carboxylic acids is 1. The molecule has 3 aromatic rings. The van der Waals surface area contributed by atoms with E-state index in [0.29, 0.717) is 36.6 Å². The van der Waals surface area contributed by atoms with Crippen LogP contribution in [-0.4, -0.2) is 30.5 Å². The average Bonchev–Trinajstić information content (AvgIpc) is 2.73. The number of rotatable bonds is 4. The molecule has 27 heavy (non-hydrogen) atoms. The number of piperidine rings is 1. The van der Waals surface area contributed by atoms with Crippen LogP contribution in [0.5, 0.6) is 5.75 Å². The van der Waals surface area contributed by atoms with Crippen molar-refractivity contribution < 1.29 is 13.9 Å². The van der Waals surface area contributed by atoms with Gasteiger partial charge in [-0.1, -0.05) is 30.3 Å². The van der Waals surface area contributed by atoms with Crippen molar-refractivity contribution in [3.8, 4) is 5.75 Å². The van der Waals surface area contributed by atoms with Crippen LogP contribution in [0.3, 0.4) is 0 Å². The lowest BCUT2D eigenvalue weighted by Crippen LogP contribution is -2.40. The van der Waals surface area contributed by atoms with Crippen molar-refractivity contribution in [2.75, 3.05) is 19.7 Å². The second-order valence-corrected chi connectivity index (χ2v) is 6.83. The van der Waals surface area contributed by atoms with E-state index in [1.54, 1.807) is 29.2 Å². The summed E-state index contributed by atoms with van der Waals surface area (Å²) in [4.78, 5) is 26.7. The average molecular weight is 363 g/mol. The van der Waals surface area contributed by atoms with Gasteiger partial charge in [-0.05, 0) is 43.0 Å². The number of amides is 1. The topological polar surface area (TPSA) is 59.8 Å². The molecule has 0 radical (unpaired) electrons. The predicted octanol–water partition coefficient (Wildman–Crippen LogP) is 3.72. The quantitative estimate of drug-likeness (QED) is 0.709. The van der Waals surface area contributed by atoms with E-state index in [0.717, 1.165) is 18.6 Å². The Bertz CT molecular complexity index is 988. The summed E-state index contributed by atoms with van der Waals surface area (Å²) in [6.45, 7) is 1.92. The third kappa shape index (κ3) is 3.87. The monoisotopic (exact) mass is 363 g/mol. The maximum Gasteiger partial charge on any atom is 0.289 e. The van der Waals surface area contributed by atoms with Crippen LogP contribution in [0, 0.1) is 5.92 Å². The molecular formula is C22H21NO4. The molecule has 0 bridgehead atoms. The minimum Gasteiger partial charge on any atom is -0.493 e. The number of para-hydroxylation sites is 2. The van der Waals surface area contributed by atoms with Crippen LogP contribution in [-0.2, 0) is 0 Å².